The van der Waals surface area contributed by atoms with Gasteiger partial charge in [0, 0.05) is 33.7 Å². The Morgan fingerprint density at radius 2 is 2.00 bits per heavy atom. The molecule has 1 atom stereocenters. The van der Waals surface area contributed by atoms with E-state index >= 15 is 0 Å². The SMILES string of the molecule is CCN(CC(=O)N(C)C)C(=O)NC1(C(=O)O)CCOC1. The molecule has 1 heterocycles. The van der Waals surface area contributed by atoms with Gasteiger partial charge in [0.25, 0.3) is 0 Å². The Kier molecular flexibility index (Phi) is 5.32. The highest BCUT2D eigenvalue weighted by molar-refractivity contribution is 5.89. The quantitative estimate of drug-likeness (QED) is 0.700. The minimum atomic E-state index is -1.40. The van der Waals surface area contributed by atoms with Gasteiger partial charge in [-0.15, -0.1) is 0 Å². The summed E-state index contributed by atoms with van der Waals surface area (Å²) in [6.45, 7) is 2.16. The maximum Gasteiger partial charge on any atom is 0.332 e. The number of aliphatic carboxylic acids is 1. The predicted molar refractivity (Wildman–Crippen MR) is 70.3 cm³/mol. The van der Waals surface area contributed by atoms with E-state index in [1.54, 1.807) is 21.0 Å². The highest BCUT2D eigenvalue weighted by atomic mass is 16.5. The van der Waals surface area contributed by atoms with Crippen LogP contribution in [0.1, 0.15) is 13.3 Å². The van der Waals surface area contributed by atoms with Crippen molar-refractivity contribution in [2.45, 2.75) is 18.9 Å². The van der Waals surface area contributed by atoms with E-state index in [0.29, 0.717) is 6.54 Å². The Hall–Kier alpha value is -1.83. The van der Waals surface area contributed by atoms with E-state index in [0.717, 1.165) is 0 Å². The van der Waals surface area contributed by atoms with Gasteiger partial charge in [-0.1, -0.05) is 0 Å². The van der Waals surface area contributed by atoms with Crippen molar-refractivity contribution in [3.63, 3.8) is 0 Å². The lowest BCUT2D eigenvalue weighted by Crippen LogP contribution is -2.59. The number of nitrogens with one attached hydrogen (secondary N) is 1. The van der Waals surface area contributed by atoms with Crippen molar-refractivity contribution in [1.29, 1.82) is 0 Å². The summed E-state index contributed by atoms with van der Waals surface area (Å²) in [6, 6.07) is -0.574. The van der Waals surface area contributed by atoms with Crippen LogP contribution in [0.25, 0.3) is 0 Å². The molecule has 1 aliphatic heterocycles. The molecular formula is C12H21N3O5. The first-order valence-electron chi connectivity index (χ1n) is 6.41. The van der Waals surface area contributed by atoms with Gasteiger partial charge in [0.2, 0.25) is 5.91 Å². The standard InChI is InChI=1S/C12H21N3O5/c1-4-15(7-9(16)14(2)3)11(19)13-12(10(17)18)5-6-20-8-12/h4-8H2,1-3H3,(H,13,19)(H,17,18). The first-order valence-corrected chi connectivity index (χ1v) is 6.41. The molecule has 1 saturated heterocycles. The van der Waals surface area contributed by atoms with Crippen molar-refractivity contribution in [2.75, 3.05) is 40.4 Å². The molecule has 1 fully saturated rings. The lowest BCUT2D eigenvalue weighted by molar-refractivity contribution is -0.144. The van der Waals surface area contributed by atoms with E-state index in [2.05, 4.69) is 5.32 Å². The Balaban J connectivity index is 2.71. The second-order valence-corrected chi connectivity index (χ2v) is 4.92. The molecule has 0 aliphatic carbocycles. The van der Waals surface area contributed by atoms with Gasteiger partial charge in [0.1, 0.15) is 6.54 Å². The van der Waals surface area contributed by atoms with Gasteiger partial charge >= 0.3 is 12.0 Å². The van der Waals surface area contributed by atoms with E-state index in [9.17, 15) is 19.5 Å². The van der Waals surface area contributed by atoms with E-state index < -0.39 is 17.5 Å². The van der Waals surface area contributed by atoms with Gasteiger partial charge in [-0.25, -0.2) is 9.59 Å². The topological polar surface area (TPSA) is 99.2 Å². The minimum absolute atomic E-state index is 0.0622. The number of amides is 3. The number of hydrogen-bond donors (Lipinski definition) is 2. The van der Waals surface area contributed by atoms with Crippen LogP contribution >= 0.6 is 0 Å². The van der Waals surface area contributed by atoms with Crippen molar-refractivity contribution in [3.05, 3.63) is 0 Å². The lowest BCUT2D eigenvalue weighted by atomic mass is 9.99. The van der Waals surface area contributed by atoms with Crippen LogP contribution in [0.4, 0.5) is 4.79 Å². The second kappa shape index (κ2) is 6.56. The molecule has 2 N–H and O–H groups in total. The van der Waals surface area contributed by atoms with Crippen LogP contribution in [-0.2, 0) is 14.3 Å². The lowest BCUT2D eigenvalue weighted by Gasteiger charge is -2.29. The fourth-order valence-corrected chi connectivity index (χ4v) is 1.80. The van der Waals surface area contributed by atoms with Crippen molar-refractivity contribution >= 4 is 17.9 Å². The van der Waals surface area contributed by atoms with Crippen LogP contribution in [0.15, 0.2) is 0 Å². The predicted octanol–water partition coefficient (Wildman–Crippen LogP) is -0.650. The zero-order valence-corrected chi connectivity index (χ0v) is 12.0. The number of rotatable bonds is 5. The molecule has 0 aromatic rings. The molecule has 114 valence electrons. The van der Waals surface area contributed by atoms with Gasteiger partial charge in [0.05, 0.1) is 6.61 Å². The molecule has 8 heteroatoms. The Bertz CT molecular complexity index is 391. The monoisotopic (exact) mass is 287 g/mol. The van der Waals surface area contributed by atoms with E-state index in [-0.39, 0.29) is 32.1 Å². The number of carbonyl (C=O) groups excluding carboxylic acids is 2. The molecule has 0 radical (unpaired) electrons. The smallest absolute Gasteiger partial charge is 0.332 e. The molecule has 8 nitrogen and oxygen atoms in total. The number of nitrogens with zero attached hydrogens (tertiary/aromatic N) is 2. The summed E-state index contributed by atoms with van der Waals surface area (Å²) < 4.78 is 5.07. The largest absolute Gasteiger partial charge is 0.479 e. The molecule has 3 amide bonds. The van der Waals surface area contributed by atoms with Crippen LogP contribution in [0, 0.1) is 0 Å². The summed E-state index contributed by atoms with van der Waals surface area (Å²) in [5, 5.41) is 11.7. The van der Waals surface area contributed by atoms with Crippen LogP contribution in [0.3, 0.4) is 0 Å². The van der Waals surface area contributed by atoms with Crippen molar-refractivity contribution in [1.82, 2.24) is 15.1 Å². The van der Waals surface area contributed by atoms with Gasteiger partial charge in [-0.3, -0.25) is 4.79 Å². The zero-order chi connectivity index (χ0) is 15.3. The van der Waals surface area contributed by atoms with Crippen LogP contribution in [0.2, 0.25) is 0 Å². The third-order valence-corrected chi connectivity index (χ3v) is 3.27. The first-order chi connectivity index (χ1) is 9.32. The average molecular weight is 287 g/mol. The fraction of sp³-hybridized carbons (Fsp3) is 0.750. The van der Waals surface area contributed by atoms with Gasteiger partial charge in [-0.2, -0.15) is 0 Å². The normalized spacial score (nSPS) is 21.4. The van der Waals surface area contributed by atoms with Gasteiger partial charge < -0.3 is 25.0 Å². The molecular weight excluding hydrogens is 266 g/mol. The molecule has 1 unspecified atom stereocenters. The van der Waals surface area contributed by atoms with Crippen molar-refractivity contribution < 1.29 is 24.2 Å². The average Bonchev–Trinajstić information content (AvgIpc) is 2.85. The third-order valence-electron chi connectivity index (χ3n) is 3.27. The van der Waals surface area contributed by atoms with E-state index in [1.807, 2.05) is 0 Å². The van der Waals surface area contributed by atoms with Crippen LogP contribution < -0.4 is 5.32 Å². The van der Waals surface area contributed by atoms with E-state index in [1.165, 1.54) is 9.80 Å². The number of carboxylic acid groups (broad SMARTS) is 1. The molecule has 1 rings (SSSR count). The Labute approximate surface area is 117 Å². The molecule has 0 aromatic heterocycles. The Morgan fingerprint density at radius 1 is 1.35 bits per heavy atom. The number of likely N-dealkylation sites (N-methyl/N-ethyl adjacent to an activating group) is 2. The number of hydrogen-bond acceptors (Lipinski definition) is 4. The zero-order valence-electron chi connectivity index (χ0n) is 12.0. The highest BCUT2D eigenvalue weighted by Gasteiger charge is 2.44. The summed E-state index contributed by atoms with van der Waals surface area (Å²) in [5.41, 5.74) is -1.40. The molecule has 0 spiro atoms. The van der Waals surface area contributed by atoms with Gasteiger partial charge in [0.15, 0.2) is 5.54 Å². The number of carbonyl (C=O) groups is 3. The summed E-state index contributed by atoms with van der Waals surface area (Å²) in [6.07, 6.45) is 0.216. The summed E-state index contributed by atoms with van der Waals surface area (Å²) in [7, 11) is 3.19. The minimum Gasteiger partial charge on any atom is -0.479 e. The number of urea groups is 1. The Morgan fingerprint density at radius 3 is 2.40 bits per heavy atom. The number of ether oxygens (including phenoxy) is 1. The molecule has 20 heavy (non-hydrogen) atoms. The van der Waals surface area contributed by atoms with Crippen LogP contribution in [0.5, 0.6) is 0 Å². The molecule has 0 bridgehead atoms. The first kappa shape index (κ1) is 16.2. The maximum atomic E-state index is 12.1. The second-order valence-electron chi connectivity index (χ2n) is 4.92. The summed E-state index contributed by atoms with van der Waals surface area (Å²) in [4.78, 5) is 37.7. The van der Waals surface area contributed by atoms with Gasteiger partial charge in [-0.05, 0) is 6.92 Å². The van der Waals surface area contributed by atoms with Crippen LogP contribution in [-0.4, -0.2) is 78.8 Å². The summed E-state index contributed by atoms with van der Waals surface area (Å²) in [5.74, 6) is -1.35. The fourth-order valence-electron chi connectivity index (χ4n) is 1.80. The summed E-state index contributed by atoms with van der Waals surface area (Å²) >= 11 is 0. The van der Waals surface area contributed by atoms with E-state index in [4.69, 9.17) is 4.74 Å². The van der Waals surface area contributed by atoms with Crippen molar-refractivity contribution in [2.24, 2.45) is 0 Å². The molecule has 0 aromatic carbocycles. The molecule has 1 aliphatic rings. The molecule has 0 saturated carbocycles. The van der Waals surface area contributed by atoms with Crippen molar-refractivity contribution in [3.8, 4) is 0 Å². The highest BCUT2D eigenvalue weighted by Crippen LogP contribution is 2.19. The third kappa shape index (κ3) is 3.60. The maximum absolute atomic E-state index is 12.1. The number of carboxylic acids is 1.